The Morgan fingerprint density at radius 2 is 1.15 bits per heavy atom. The smallest absolute Gasteiger partial charge is 0.291 e. The molecular weight excluding hydrogens is 331 g/mol. The molecule has 0 aromatic carbocycles. The average Bonchev–Trinajstić information content (AvgIpc) is 2.15. The van der Waals surface area contributed by atoms with E-state index in [4.69, 9.17) is 51.7 Å². The first-order valence-electron chi connectivity index (χ1n) is 4.78. The van der Waals surface area contributed by atoms with E-state index >= 15 is 0 Å². The summed E-state index contributed by atoms with van der Waals surface area (Å²) in [6, 6.07) is 0. The summed E-state index contributed by atoms with van der Waals surface area (Å²) in [4.78, 5) is 24.9. The van der Waals surface area contributed by atoms with Gasteiger partial charge in [-0.15, -0.1) is 10.1 Å². The van der Waals surface area contributed by atoms with Crippen LogP contribution < -0.4 is 5.73 Å². The minimum atomic E-state index is -1.75. The summed E-state index contributed by atoms with van der Waals surface area (Å²) >= 11 is 0. The SMILES string of the molecule is CCCCCCN.O=[N+]([O-])O.O=[N+]([O-])[O-].O=[N+]([O-])[O-].[Co]. The van der Waals surface area contributed by atoms with Gasteiger partial charge in [0.15, 0.2) is 0 Å². The van der Waals surface area contributed by atoms with Crippen LogP contribution in [0.5, 0.6) is 0 Å². The molecule has 14 heteroatoms. The summed E-state index contributed by atoms with van der Waals surface area (Å²) in [6.07, 6.45) is 5.16. The maximum atomic E-state index is 8.36. The molecule has 0 bridgehead atoms. The molecule has 0 rings (SSSR count). The minimum absolute atomic E-state index is 0. The Morgan fingerprint density at radius 3 is 1.30 bits per heavy atom. The van der Waals surface area contributed by atoms with Crippen LogP contribution in [-0.2, 0) is 16.8 Å². The fraction of sp³-hybridized carbons (Fsp3) is 1.00. The average molecular weight is 347 g/mol. The molecule has 0 saturated carbocycles. The van der Waals surface area contributed by atoms with Crippen LogP contribution in [0.2, 0.25) is 0 Å². The van der Waals surface area contributed by atoms with E-state index in [0.29, 0.717) is 0 Å². The summed E-state index contributed by atoms with van der Waals surface area (Å²) in [5.74, 6) is 0. The molecule has 0 aliphatic rings. The monoisotopic (exact) mass is 347 g/mol. The van der Waals surface area contributed by atoms with Gasteiger partial charge in [-0.25, -0.2) is 0 Å². The quantitative estimate of drug-likeness (QED) is 0.411. The number of nitrogens with two attached hydrogens (primary N) is 1. The second-order valence-corrected chi connectivity index (χ2v) is 2.53. The van der Waals surface area contributed by atoms with Gasteiger partial charge in [0.05, 0.1) is 10.2 Å². The normalized spacial score (nSPS) is 6.90. The molecule has 0 unspecified atom stereocenters. The Hall–Kier alpha value is -1.93. The molecule has 125 valence electrons. The Kier molecular flexibility index (Phi) is 46.6. The number of hydrogen-bond donors (Lipinski definition) is 2. The van der Waals surface area contributed by atoms with Gasteiger partial charge in [0, 0.05) is 16.8 Å². The van der Waals surface area contributed by atoms with Crippen molar-refractivity contribution in [2.24, 2.45) is 5.73 Å². The summed E-state index contributed by atoms with van der Waals surface area (Å²) in [5, 5.41) is 43.1. The minimum Gasteiger partial charge on any atom is -0.356 e. The van der Waals surface area contributed by atoms with E-state index in [1.807, 2.05) is 0 Å². The van der Waals surface area contributed by atoms with E-state index in [0.717, 1.165) is 6.54 Å². The first-order chi connectivity index (χ1) is 8.61. The zero-order chi connectivity index (χ0) is 16.3. The van der Waals surface area contributed by atoms with Crippen molar-refractivity contribution < 1.29 is 37.2 Å². The topological polar surface area (TPSA) is 222 Å². The van der Waals surface area contributed by atoms with E-state index in [1.54, 1.807) is 0 Å². The molecule has 13 nitrogen and oxygen atoms in total. The second-order valence-electron chi connectivity index (χ2n) is 2.53. The summed E-state index contributed by atoms with van der Waals surface area (Å²) in [5.41, 5.74) is 5.27. The first-order valence-corrected chi connectivity index (χ1v) is 4.78. The van der Waals surface area contributed by atoms with Crippen molar-refractivity contribution in [2.45, 2.75) is 32.6 Å². The van der Waals surface area contributed by atoms with Gasteiger partial charge >= 0.3 is 0 Å². The summed E-state index contributed by atoms with van der Waals surface area (Å²) < 4.78 is 0. The van der Waals surface area contributed by atoms with Crippen LogP contribution in [0, 0.1) is 40.8 Å². The first kappa shape index (κ1) is 30.8. The molecule has 0 fully saturated rings. The molecule has 0 aromatic heterocycles. The molecule has 0 heterocycles. The summed E-state index contributed by atoms with van der Waals surface area (Å²) in [7, 11) is 0. The van der Waals surface area contributed by atoms with Crippen molar-refractivity contribution in [3.05, 3.63) is 40.8 Å². The standard InChI is InChI=1S/C6H15N.Co.HNO3.2NO3/c1-2-3-4-5-6-7;;3*2-1(3)4/h2-7H2,1H3;;(H,2,3,4);;/q;;;2*-1. The van der Waals surface area contributed by atoms with E-state index in [9.17, 15) is 0 Å². The van der Waals surface area contributed by atoms with Gasteiger partial charge in [0.25, 0.3) is 5.09 Å². The number of hydrogen-bond acceptors (Lipinski definition) is 9. The van der Waals surface area contributed by atoms with Crippen molar-refractivity contribution in [3.63, 3.8) is 0 Å². The van der Waals surface area contributed by atoms with Gasteiger partial charge in [-0.1, -0.05) is 26.2 Å². The van der Waals surface area contributed by atoms with E-state index in [1.165, 1.54) is 25.7 Å². The second kappa shape index (κ2) is 30.3. The van der Waals surface area contributed by atoms with Crippen LogP contribution >= 0.6 is 0 Å². The van der Waals surface area contributed by atoms with Crippen LogP contribution in [0.15, 0.2) is 0 Å². The van der Waals surface area contributed by atoms with Crippen LogP contribution in [0.1, 0.15) is 32.6 Å². The van der Waals surface area contributed by atoms with E-state index < -0.39 is 15.3 Å². The molecule has 0 aliphatic carbocycles. The molecule has 0 aromatic rings. The predicted octanol–water partition coefficient (Wildman–Crippen LogP) is 0.697. The maximum Gasteiger partial charge on any atom is 0.291 e. The third kappa shape index (κ3) is 854. The Balaban J connectivity index is -0.0000000512. The van der Waals surface area contributed by atoms with E-state index in [-0.39, 0.29) is 16.8 Å². The summed E-state index contributed by atoms with van der Waals surface area (Å²) in [6.45, 7) is 3.07. The molecule has 0 amide bonds. The molecule has 0 spiro atoms. The van der Waals surface area contributed by atoms with Gasteiger partial charge in [-0.05, 0) is 13.0 Å². The zero-order valence-corrected chi connectivity index (χ0v) is 11.5. The van der Waals surface area contributed by atoms with Crippen molar-refractivity contribution in [3.8, 4) is 0 Å². The number of unbranched alkanes of at least 4 members (excludes halogenated alkanes) is 3. The molecule has 3 N–H and O–H groups in total. The predicted molar refractivity (Wildman–Crippen MR) is 62.7 cm³/mol. The fourth-order valence-corrected chi connectivity index (χ4v) is 0.571. The van der Waals surface area contributed by atoms with Crippen molar-refractivity contribution in [2.75, 3.05) is 6.54 Å². The third-order valence-electron chi connectivity index (χ3n) is 1.06. The maximum absolute atomic E-state index is 8.36. The fourth-order valence-electron chi connectivity index (χ4n) is 0.571. The van der Waals surface area contributed by atoms with Crippen LogP contribution in [0.3, 0.4) is 0 Å². The van der Waals surface area contributed by atoms with Gasteiger partial charge in [0.1, 0.15) is 0 Å². The molecule has 0 atom stereocenters. The zero-order valence-electron chi connectivity index (χ0n) is 10.5. The molecule has 1 radical (unpaired) electrons. The molecule has 0 aliphatic heterocycles. The van der Waals surface area contributed by atoms with Gasteiger partial charge < -0.3 is 41.6 Å². The van der Waals surface area contributed by atoms with Gasteiger partial charge in [-0.3, -0.25) is 0 Å². The molecule has 0 saturated heterocycles. The van der Waals surface area contributed by atoms with Crippen LogP contribution in [-0.4, -0.2) is 27.0 Å². The number of nitrogens with zero attached hydrogens (tertiary/aromatic N) is 3. The largest absolute Gasteiger partial charge is 0.356 e. The molecular formula is C6H16CoN4O9-2. The van der Waals surface area contributed by atoms with Crippen molar-refractivity contribution >= 4 is 0 Å². The van der Waals surface area contributed by atoms with Crippen LogP contribution in [0.4, 0.5) is 0 Å². The van der Waals surface area contributed by atoms with Gasteiger partial charge in [-0.2, -0.15) is 0 Å². The van der Waals surface area contributed by atoms with Crippen LogP contribution in [0.25, 0.3) is 0 Å². The Bertz CT molecular complexity index is 186. The number of rotatable bonds is 4. The van der Waals surface area contributed by atoms with Crippen molar-refractivity contribution in [1.82, 2.24) is 0 Å². The third-order valence-corrected chi connectivity index (χ3v) is 1.06. The molecule has 20 heavy (non-hydrogen) atoms. The van der Waals surface area contributed by atoms with Crippen molar-refractivity contribution in [1.29, 1.82) is 0 Å². The Labute approximate surface area is 123 Å². The van der Waals surface area contributed by atoms with E-state index in [2.05, 4.69) is 6.92 Å². The van der Waals surface area contributed by atoms with Gasteiger partial charge in [0.2, 0.25) is 0 Å². The Morgan fingerprint density at radius 1 is 0.900 bits per heavy atom.